The first-order valence-electron chi connectivity index (χ1n) is 9.15. The molecule has 0 fully saturated rings. The van der Waals surface area contributed by atoms with E-state index in [2.05, 4.69) is 35.6 Å². The summed E-state index contributed by atoms with van der Waals surface area (Å²) < 4.78 is 19.7. The summed E-state index contributed by atoms with van der Waals surface area (Å²) >= 11 is 0. The number of aromatic amines is 1. The van der Waals surface area contributed by atoms with E-state index in [1.165, 1.54) is 38.0 Å². The van der Waals surface area contributed by atoms with Crippen molar-refractivity contribution in [3.63, 3.8) is 0 Å². The molecule has 4 heterocycles. The molecule has 0 aliphatic rings. The van der Waals surface area contributed by atoms with Crippen molar-refractivity contribution in [2.45, 2.75) is 6.92 Å². The Kier molecular flexibility index (Phi) is 5.21. The zero-order chi connectivity index (χ0) is 21.1. The van der Waals surface area contributed by atoms with Crippen molar-refractivity contribution >= 4 is 34.1 Å². The standard InChI is InChI=1S/C20H18FN7O2/c1-3-22-19-16-13(9-24-20(16)26-10-25-19)17(29)12-5-6-14(28-18(12)21)27-11-4-7-15(30-2)23-8-11/h4-10H,3H2,1-2H3,(H,27,28)(H2,22,24,25,26). The van der Waals surface area contributed by atoms with Crippen molar-refractivity contribution in [2.75, 3.05) is 24.3 Å². The van der Waals surface area contributed by atoms with Crippen molar-refractivity contribution in [1.82, 2.24) is 24.9 Å². The number of fused-ring (bicyclic) bond motifs is 1. The van der Waals surface area contributed by atoms with E-state index < -0.39 is 11.7 Å². The predicted octanol–water partition coefficient (Wildman–Crippen LogP) is 3.30. The van der Waals surface area contributed by atoms with Crippen LogP contribution in [0, 0.1) is 5.95 Å². The van der Waals surface area contributed by atoms with Gasteiger partial charge in [0, 0.05) is 18.8 Å². The number of ether oxygens (including phenoxy) is 1. The number of pyridine rings is 2. The minimum absolute atomic E-state index is 0.152. The molecule has 4 rings (SSSR count). The highest BCUT2D eigenvalue weighted by Crippen LogP contribution is 2.26. The van der Waals surface area contributed by atoms with Crippen molar-refractivity contribution < 1.29 is 13.9 Å². The van der Waals surface area contributed by atoms with Crippen LogP contribution in [-0.4, -0.2) is 44.4 Å². The van der Waals surface area contributed by atoms with E-state index in [1.54, 1.807) is 12.1 Å². The molecule has 4 aromatic rings. The van der Waals surface area contributed by atoms with Gasteiger partial charge in [-0.2, -0.15) is 4.39 Å². The molecule has 0 radical (unpaired) electrons. The first-order valence-corrected chi connectivity index (χ1v) is 9.15. The molecular weight excluding hydrogens is 389 g/mol. The van der Waals surface area contributed by atoms with Crippen molar-refractivity contribution in [2.24, 2.45) is 0 Å². The number of halogens is 1. The Morgan fingerprint density at radius 1 is 1.17 bits per heavy atom. The number of methoxy groups -OCH3 is 1. The van der Waals surface area contributed by atoms with Crippen LogP contribution in [0.25, 0.3) is 11.0 Å². The Labute approximate surface area is 170 Å². The van der Waals surface area contributed by atoms with Crippen LogP contribution in [0.5, 0.6) is 5.88 Å². The molecule has 0 saturated carbocycles. The second-order valence-electron chi connectivity index (χ2n) is 6.26. The minimum atomic E-state index is -0.886. The van der Waals surface area contributed by atoms with Gasteiger partial charge in [-0.15, -0.1) is 0 Å². The number of nitrogens with zero attached hydrogens (tertiary/aromatic N) is 4. The lowest BCUT2D eigenvalue weighted by atomic mass is 10.0. The summed E-state index contributed by atoms with van der Waals surface area (Å²) in [5.74, 6) is -0.196. The number of hydrogen-bond acceptors (Lipinski definition) is 8. The van der Waals surface area contributed by atoms with Gasteiger partial charge >= 0.3 is 0 Å². The van der Waals surface area contributed by atoms with Gasteiger partial charge in [0.1, 0.15) is 23.6 Å². The van der Waals surface area contributed by atoms with E-state index in [0.717, 1.165) is 0 Å². The number of carbonyl (C=O) groups is 1. The highest BCUT2D eigenvalue weighted by Gasteiger charge is 2.22. The third-order valence-electron chi connectivity index (χ3n) is 4.37. The Morgan fingerprint density at radius 3 is 2.73 bits per heavy atom. The fraction of sp³-hybridized carbons (Fsp3) is 0.150. The summed E-state index contributed by atoms with van der Waals surface area (Å²) in [6, 6.07) is 6.30. The number of aromatic nitrogens is 5. The maximum absolute atomic E-state index is 14.7. The number of carbonyl (C=O) groups excluding carboxylic acids is 1. The lowest BCUT2D eigenvalue weighted by Gasteiger charge is -2.08. The van der Waals surface area contributed by atoms with Gasteiger partial charge in [-0.1, -0.05) is 0 Å². The molecule has 0 aliphatic heterocycles. The highest BCUT2D eigenvalue weighted by molar-refractivity contribution is 6.18. The molecule has 4 aromatic heterocycles. The van der Waals surface area contributed by atoms with Gasteiger partial charge in [0.05, 0.1) is 35.5 Å². The van der Waals surface area contributed by atoms with Gasteiger partial charge in [-0.05, 0) is 25.1 Å². The van der Waals surface area contributed by atoms with Gasteiger partial charge in [-0.25, -0.2) is 19.9 Å². The Bertz CT molecular complexity index is 1210. The molecule has 152 valence electrons. The molecule has 0 atom stereocenters. The number of rotatable bonds is 7. The fourth-order valence-electron chi connectivity index (χ4n) is 2.98. The van der Waals surface area contributed by atoms with Crippen LogP contribution in [0.15, 0.2) is 43.0 Å². The van der Waals surface area contributed by atoms with Crippen molar-refractivity contribution in [1.29, 1.82) is 0 Å². The fourth-order valence-corrected chi connectivity index (χ4v) is 2.98. The summed E-state index contributed by atoms with van der Waals surface area (Å²) in [6.45, 7) is 2.52. The van der Waals surface area contributed by atoms with Gasteiger partial charge in [0.2, 0.25) is 11.8 Å². The first-order chi connectivity index (χ1) is 14.6. The third-order valence-corrected chi connectivity index (χ3v) is 4.37. The van der Waals surface area contributed by atoms with Crippen LogP contribution in [-0.2, 0) is 0 Å². The average molecular weight is 407 g/mol. The molecule has 10 heteroatoms. The lowest BCUT2D eigenvalue weighted by Crippen LogP contribution is -2.08. The lowest BCUT2D eigenvalue weighted by molar-refractivity contribution is 0.103. The van der Waals surface area contributed by atoms with Crippen LogP contribution >= 0.6 is 0 Å². The second-order valence-corrected chi connectivity index (χ2v) is 6.26. The van der Waals surface area contributed by atoms with Crippen LogP contribution in [0.4, 0.5) is 21.7 Å². The first kappa shape index (κ1) is 19.2. The van der Waals surface area contributed by atoms with E-state index in [4.69, 9.17) is 4.74 Å². The van der Waals surface area contributed by atoms with E-state index in [9.17, 15) is 9.18 Å². The van der Waals surface area contributed by atoms with Crippen LogP contribution in [0.2, 0.25) is 0 Å². The van der Waals surface area contributed by atoms with Crippen molar-refractivity contribution in [3.8, 4) is 5.88 Å². The average Bonchev–Trinajstić information content (AvgIpc) is 3.19. The molecule has 0 saturated heterocycles. The maximum atomic E-state index is 14.7. The Balaban J connectivity index is 1.63. The highest BCUT2D eigenvalue weighted by atomic mass is 19.1. The van der Waals surface area contributed by atoms with Gasteiger partial charge in [0.25, 0.3) is 0 Å². The topological polar surface area (TPSA) is 118 Å². The quantitative estimate of drug-likeness (QED) is 0.315. The van der Waals surface area contributed by atoms with Crippen LogP contribution in [0.1, 0.15) is 22.8 Å². The summed E-state index contributed by atoms with van der Waals surface area (Å²) in [7, 11) is 1.52. The molecule has 0 bridgehead atoms. The number of ketones is 1. The van der Waals surface area contributed by atoms with Crippen molar-refractivity contribution in [3.05, 3.63) is 60.1 Å². The minimum Gasteiger partial charge on any atom is -0.481 e. The number of hydrogen-bond donors (Lipinski definition) is 3. The Hall–Kier alpha value is -4.08. The smallest absolute Gasteiger partial charge is 0.226 e. The third kappa shape index (κ3) is 3.62. The van der Waals surface area contributed by atoms with Gasteiger partial charge in [0.15, 0.2) is 5.78 Å². The number of anilines is 3. The Morgan fingerprint density at radius 2 is 2.03 bits per heavy atom. The van der Waals surface area contributed by atoms with E-state index in [-0.39, 0.29) is 16.9 Å². The summed E-state index contributed by atoms with van der Waals surface area (Å²) in [5, 5.41) is 6.53. The molecule has 3 N–H and O–H groups in total. The van der Waals surface area contributed by atoms with Gasteiger partial charge < -0.3 is 20.4 Å². The van der Waals surface area contributed by atoms with E-state index in [1.807, 2.05) is 6.92 Å². The van der Waals surface area contributed by atoms with E-state index in [0.29, 0.717) is 35.0 Å². The van der Waals surface area contributed by atoms with Gasteiger partial charge in [-0.3, -0.25) is 4.79 Å². The molecular formula is C20H18FN7O2. The molecule has 0 spiro atoms. The molecule has 30 heavy (non-hydrogen) atoms. The second kappa shape index (κ2) is 8.11. The summed E-state index contributed by atoms with van der Waals surface area (Å²) in [6.07, 6.45) is 4.42. The SMILES string of the molecule is CCNc1ncnc2[nH]cc(C(=O)c3ccc(Nc4ccc(OC)nc4)nc3F)c12. The number of H-pyrrole nitrogens is 1. The van der Waals surface area contributed by atoms with Crippen LogP contribution in [0.3, 0.4) is 0 Å². The summed E-state index contributed by atoms with van der Waals surface area (Å²) in [5.41, 5.74) is 1.21. The molecule has 9 nitrogen and oxygen atoms in total. The van der Waals surface area contributed by atoms with Crippen LogP contribution < -0.4 is 15.4 Å². The number of nitrogens with one attached hydrogen (secondary N) is 3. The molecule has 0 unspecified atom stereocenters. The monoisotopic (exact) mass is 407 g/mol. The zero-order valence-electron chi connectivity index (χ0n) is 16.2. The molecule has 0 aromatic carbocycles. The summed E-state index contributed by atoms with van der Waals surface area (Å²) in [4.78, 5) is 32.2. The molecule has 0 amide bonds. The zero-order valence-corrected chi connectivity index (χ0v) is 16.2. The normalized spacial score (nSPS) is 10.8. The van der Waals surface area contributed by atoms with E-state index >= 15 is 0 Å². The maximum Gasteiger partial charge on any atom is 0.226 e. The largest absolute Gasteiger partial charge is 0.481 e. The predicted molar refractivity (Wildman–Crippen MR) is 110 cm³/mol. The molecule has 0 aliphatic carbocycles.